The summed E-state index contributed by atoms with van der Waals surface area (Å²) in [4.78, 5) is 16.7. The van der Waals surface area contributed by atoms with Gasteiger partial charge in [0.15, 0.2) is 0 Å². The molecule has 7 heteroatoms. The summed E-state index contributed by atoms with van der Waals surface area (Å²) in [5.74, 6) is 1.63. The van der Waals surface area contributed by atoms with Crippen molar-refractivity contribution in [2.75, 3.05) is 37.5 Å². The van der Waals surface area contributed by atoms with Gasteiger partial charge in [0.2, 0.25) is 0 Å². The van der Waals surface area contributed by atoms with Crippen LogP contribution in [0, 0.1) is 10.8 Å². The van der Waals surface area contributed by atoms with E-state index in [1.165, 1.54) is 17.7 Å². The number of fused-ring (bicyclic) bond motifs is 1. The summed E-state index contributed by atoms with van der Waals surface area (Å²) >= 11 is 1.91. The number of hydrogen-bond acceptors (Lipinski definition) is 6. The van der Waals surface area contributed by atoms with Gasteiger partial charge in [0.25, 0.3) is 0 Å². The zero-order chi connectivity index (χ0) is 24.3. The van der Waals surface area contributed by atoms with Gasteiger partial charge in [-0.2, -0.15) is 0 Å². The van der Waals surface area contributed by atoms with Crippen LogP contribution in [0.25, 0.3) is 0 Å². The summed E-state index contributed by atoms with van der Waals surface area (Å²) in [5.41, 5.74) is 0.153. The second-order valence-corrected chi connectivity index (χ2v) is 11.3. The van der Waals surface area contributed by atoms with Crippen LogP contribution in [-0.2, 0) is 19.6 Å². The van der Waals surface area contributed by atoms with E-state index in [0.717, 1.165) is 30.2 Å². The van der Waals surface area contributed by atoms with Gasteiger partial charge >= 0.3 is 5.97 Å². The normalized spacial score (nSPS) is 17.6. The molecule has 1 aliphatic rings. The number of esters is 1. The van der Waals surface area contributed by atoms with Crippen molar-refractivity contribution in [1.82, 2.24) is 0 Å². The Bertz CT molecular complexity index is 962. The summed E-state index contributed by atoms with van der Waals surface area (Å²) in [6, 6.07) is 16.5. The first-order valence-electron chi connectivity index (χ1n) is 11.4. The van der Waals surface area contributed by atoms with Crippen molar-refractivity contribution in [2.24, 2.45) is 10.8 Å². The maximum Gasteiger partial charge on any atom is 0.315 e. The number of methoxy groups -OCH3 is 1. The fourth-order valence-electron chi connectivity index (χ4n) is 4.63. The highest BCUT2D eigenvalue weighted by molar-refractivity contribution is 7.99. The van der Waals surface area contributed by atoms with Gasteiger partial charge in [0.1, 0.15) is 28.3 Å². The third-order valence-electron chi connectivity index (χ3n) is 7.32. The fraction of sp³-hybridized carbons (Fsp3) is 0.500. The van der Waals surface area contributed by atoms with E-state index in [1.807, 2.05) is 49.9 Å². The third-order valence-corrected chi connectivity index (χ3v) is 9.18. The molecule has 180 valence electrons. The minimum atomic E-state index is -0.876. The Kier molecular flexibility index (Phi) is 7.86. The SMILES string of the molecule is COC(=O)C(C)(C(C)(C)C)C(C)(O[SiH3])c1ccc(OCCN2CCSc3ccccc32)cc1. The van der Waals surface area contributed by atoms with Crippen molar-refractivity contribution in [3.8, 4) is 5.75 Å². The molecular weight excluding hydrogens is 450 g/mol. The molecular formula is C26H37NO4SSi. The summed E-state index contributed by atoms with van der Waals surface area (Å²) < 4.78 is 17.5. The first-order valence-corrected chi connectivity index (χ1v) is 13.2. The Morgan fingerprint density at radius 2 is 1.73 bits per heavy atom. The van der Waals surface area contributed by atoms with E-state index < -0.39 is 11.0 Å². The van der Waals surface area contributed by atoms with Crippen LogP contribution in [0.15, 0.2) is 53.4 Å². The Morgan fingerprint density at radius 3 is 2.33 bits per heavy atom. The van der Waals surface area contributed by atoms with Crippen LogP contribution in [0.2, 0.25) is 0 Å². The van der Waals surface area contributed by atoms with Crippen molar-refractivity contribution < 1.29 is 18.7 Å². The molecule has 3 rings (SSSR count). The number of ether oxygens (including phenoxy) is 2. The molecule has 0 bridgehead atoms. The van der Waals surface area contributed by atoms with Crippen molar-refractivity contribution in [2.45, 2.75) is 45.1 Å². The van der Waals surface area contributed by atoms with Gasteiger partial charge in [-0.15, -0.1) is 11.8 Å². The predicted octanol–water partition coefficient (Wildman–Crippen LogP) is 4.42. The fourth-order valence-corrected chi connectivity index (χ4v) is 6.33. The number of rotatable bonds is 8. The quantitative estimate of drug-likeness (QED) is 0.406. The number of thioether (sulfide) groups is 1. The van der Waals surface area contributed by atoms with Gasteiger partial charge in [-0.1, -0.05) is 45.0 Å². The highest BCUT2D eigenvalue weighted by Gasteiger charge is 2.59. The minimum absolute atomic E-state index is 0.270. The maximum absolute atomic E-state index is 13.0. The molecule has 0 aromatic heterocycles. The summed E-state index contributed by atoms with van der Waals surface area (Å²) in [6.45, 7) is 12.6. The highest BCUT2D eigenvalue weighted by atomic mass is 32.2. The largest absolute Gasteiger partial charge is 0.492 e. The highest BCUT2D eigenvalue weighted by Crippen LogP contribution is 2.54. The van der Waals surface area contributed by atoms with Gasteiger partial charge in [-0.05, 0) is 49.1 Å². The first-order chi connectivity index (χ1) is 15.6. The molecule has 0 spiro atoms. The van der Waals surface area contributed by atoms with Gasteiger partial charge < -0.3 is 18.8 Å². The lowest BCUT2D eigenvalue weighted by molar-refractivity contribution is -0.182. The van der Waals surface area contributed by atoms with Crippen molar-refractivity contribution in [3.63, 3.8) is 0 Å². The van der Waals surface area contributed by atoms with E-state index in [0.29, 0.717) is 17.1 Å². The van der Waals surface area contributed by atoms with Crippen LogP contribution in [0.5, 0.6) is 5.75 Å². The zero-order valence-electron chi connectivity index (χ0n) is 20.9. The number of para-hydroxylation sites is 1. The van der Waals surface area contributed by atoms with E-state index in [4.69, 9.17) is 13.9 Å². The van der Waals surface area contributed by atoms with Gasteiger partial charge in [-0.25, -0.2) is 0 Å². The average Bonchev–Trinajstić information content (AvgIpc) is 2.82. The van der Waals surface area contributed by atoms with Gasteiger partial charge in [0, 0.05) is 17.2 Å². The van der Waals surface area contributed by atoms with Crippen LogP contribution in [0.1, 0.15) is 40.2 Å². The molecule has 0 amide bonds. The molecule has 33 heavy (non-hydrogen) atoms. The Morgan fingerprint density at radius 1 is 1.06 bits per heavy atom. The van der Waals surface area contributed by atoms with Crippen LogP contribution in [-0.4, -0.2) is 49.0 Å². The molecule has 0 saturated carbocycles. The summed E-state index contributed by atoms with van der Waals surface area (Å²) in [6.07, 6.45) is 0. The summed E-state index contributed by atoms with van der Waals surface area (Å²) in [7, 11) is 1.93. The van der Waals surface area contributed by atoms with Gasteiger partial charge in [-0.3, -0.25) is 4.79 Å². The second-order valence-electron chi connectivity index (χ2n) is 9.78. The number of carbonyl (C=O) groups is 1. The molecule has 0 saturated heterocycles. The lowest BCUT2D eigenvalue weighted by atomic mass is 9.57. The standard InChI is InChI=1S/C26H37NO4SSi/c1-24(2,3)25(4,23(28)29-6)26(5,31-33)19-11-13-20(14-12-19)30-17-15-27-16-18-32-22-10-8-7-9-21(22)27/h7-14H,15-18H2,1-6,33H3. The maximum atomic E-state index is 13.0. The average molecular weight is 488 g/mol. The van der Waals surface area contributed by atoms with Crippen LogP contribution in [0.4, 0.5) is 5.69 Å². The smallest absolute Gasteiger partial charge is 0.315 e. The molecule has 0 N–H and O–H groups in total. The minimum Gasteiger partial charge on any atom is -0.492 e. The van der Waals surface area contributed by atoms with Crippen molar-refractivity contribution in [1.29, 1.82) is 0 Å². The Balaban J connectivity index is 1.73. The molecule has 0 fully saturated rings. The van der Waals surface area contributed by atoms with Crippen molar-refractivity contribution >= 4 is 33.9 Å². The number of anilines is 1. The monoisotopic (exact) mass is 487 g/mol. The molecule has 1 aliphatic heterocycles. The summed E-state index contributed by atoms with van der Waals surface area (Å²) in [5, 5.41) is 0. The lowest BCUT2D eigenvalue weighted by Crippen LogP contribution is -2.56. The van der Waals surface area contributed by atoms with Crippen LogP contribution < -0.4 is 9.64 Å². The number of benzene rings is 2. The molecule has 2 aromatic carbocycles. The first kappa shape index (κ1) is 25.7. The molecule has 2 atom stereocenters. The number of hydrogen-bond donors (Lipinski definition) is 0. The molecule has 0 aliphatic carbocycles. The van der Waals surface area contributed by atoms with Crippen molar-refractivity contribution in [3.05, 3.63) is 54.1 Å². The Hall–Kier alpha value is -1.96. The lowest BCUT2D eigenvalue weighted by Gasteiger charge is -2.51. The molecule has 0 radical (unpaired) electrons. The van der Waals surface area contributed by atoms with Crippen LogP contribution >= 0.6 is 11.8 Å². The van der Waals surface area contributed by atoms with E-state index in [-0.39, 0.29) is 11.4 Å². The topological polar surface area (TPSA) is 48.0 Å². The zero-order valence-corrected chi connectivity index (χ0v) is 23.8. The third kappa shape index (κ3) is 4.81. The van der Waals surface area contributed by atoms with E-state index in [9.17, 15) is 4.79 Å². The number of nitrogens with zero attached hydrogens (tertiary/aromatic N) is 1. The van der Waals surface area contributed by atoms with Gasteiger partial charge in [0.05, 0.1) is 24.9 Å². The predicted molar refractivity (Wildman–Crippen MR) is 139 cm³/mol. The number of carbonyl (C=O) groups excluding carboxylic acids is 1. The molecule has 5 nitrogen and oxygen atoms in total. The molecule has 2 aromatic rings. The van der Waals surface area contributed by atoms with E-state index in [2.05, 4.69) is 49.9 Å². The molecule has 2 unspecified atom stereocenters. The van der Waals surface area contributed by atoms with E-state index >= 15 is 0 Å². The second kappa shape index (κ2) is 10.1. The molecule has 1 heterocycles. The van der Waals surface area contributed by atoms with E-state index in [1.54, 1.807) is 0 Å². The van der Waals surface area contributed by atoms with Crippen LogP contribution in [0.3, 0.4) is 0 Å². The Labute approximate surface area is 205 Å².